The number of fused-ring (bicyclic) bond motifs is 1. The van der Waals surface area contributed by atoms with Crippen LogP contribution in [-0.4, -0.2) is 23.3 Å². The van der Waals surface area contributed by atoms with Crippen LogP contribution in [0.25, 0.3) is 6.08 Å². The summed E-state index contributed by atoms with van der Waals surface area (Å²) in [6.07, 6.45) is 3.63. The van der Waals surface area contributed by atoms with Gasteiger partial charge in [-0.05, 0) is 48.7 Å². The van der Waals surface area contributed by atoms with E-state index in [1.165, 1.54) is 11.0 Å². The van der Waals surface area contributed by atoms with Gasteiger partial charge in [-0.2, -0.15) is 10.5 Å². The quantitative estimate of drug-likeness (QED) is 0.341. The Kier molecular flexibility index (Phi) is 6.21. The zero-order valence-corrected chi connectivity index (χ0v) is 15.7. The predicted octanol–water partition coefficient (Wildman–Crippen LogP) is 3.94. The van der Waals surface area contributed by atoms with Gasteiger partial charge in [0.15, 0.2) is 0 Å². The SMILES string of the molecule is N#CC(C#N)=Cc1cccc(C#CCCCCN2C(=O)c3ccccc3C2=O)c1. The van der Waals surface area contributed by atoms with Gasteiger partial charge in [-0.1, -0.05) is 36.1 Å². The molecule has 5 nitrogen and oxygen atoms in total. The number of carbonyl (C=O) groups excluding carboxylic acids is 2. The number of imide groups is 1. The molecule has 0 unspecified atom stereocenters. The zero-order chi connectivity index (χ0) is 20.6. The molecule has 0 spiro atoms. The van der Waals surface area contributed by atoms with Crippen LogP contribution in [-0.2, 0) is 0 Å². The second kappa shape index (κ2) is 9.18. The van der Waals surface area contributed by atoms with E-state index in [0.717, 1.165) is 17.5 Å². The fourth-order valence-corrected chi connectivity index (χ4v) is 3.05. The molecule has 1 aliphatic rings. The van der Waals surface area contributed by atoms with Crippen molar-refractivity contribution in [2.24, 2.45) is 0 Å². The van der Waals surface area contributed by atoms with E-state index < -0.39 is 0 Å². The van der Waals surface area contributed by atoms with Gasteiger partial charge in [0.1, 0.15) is 17.7 Å². The Balaban J connectivity index is 1.51. The van der Waals surface area contributed by atoms with Crippen molar-refractivity contribution >= 4 is 17.9 Å². The smallest absolute Gasteiger partial charge is 0.261 e. The van der Waals surface area contributed by atoms with Gasteiger partial charge in [-0.3, -0.25) is 14.5 Å². The average Bonchev–Trinajstić information content (AvgIpc) is 2.99. The molecule has 2 amide bonds. The molecule has 0 aliphatic carbocycles. The Morgan fingerprint density at radius 1 is 0.931 bits per heavy atom. The largest absolute Gasteiger partial charge is 0.274 e. The van der Waals surface area contributed by atoms with Crippen molar-refractivity contribution in [3.63, 3.8) is 0 Å². The summed E-state index contributed by atoms with van der Waals surface area (Å²) >= 11 is 0. The standard InChI is InChI=1S/C24H17N3O2/c25-16-20(17-26)15-19-10-7-9-18(14-19)8-3-1-2-6-13-27-23(28)21-11-4-5-12-22(21)24(27)29/h4-5,7,9-12,14-15H,1-2,6,13H2. The molecule has 0 N–H and O–H groups in total. The molecule has 0 radical (unpaired) electrons. The van der Waals surface area contributed by atoms with E-state index in [9.17, 15) is 9.59 Å². The number of benzene rings is 2. The highest BCUT2D eigenvalue weighted by atomic mass is 16.2. The van der Waals surface area contributed by atoms with Crippen molar-refractivity contribution < 1.29 is 9.59 Å². The molecule has 1 heterocycles. The lowest BCUT2D eigenvalue weighted by Crippen LogP contribution is -2.30. The predicted molar refractivity (Wildman–Crippen MR) is 108 cm³/mol. The van der Waals surface area contributed by atoms with Crippen LogP contribution in [0.1, 0.15) is 51.1 Å². The fourth-order valence-electron chi connectivity index (χ4n) is 3.05. The molecule has 2 aromatic rings. The molecule has 0 saturated carbocycles. The van der Waals surface area contributed by atoms with E-state index >= 15 is 0 Å². The first-order valence-electron chi connectivity index (χ1n) is 9.20. The van der Waals surface area contributed by atoms with E-state index in [0.29, 0.717) is 30.5 Å². The van der Waals surface area contributed by atoms with Crippen molar-refractivity contribution in [2.75, 3.05) is 6.54 Å². The van der Waals surface area contributed by atoms with Gasteiger partial charge in [0.2, 0.25) is 0 Å². The van der Waals surface area contributed by atoms with Gasteiger partial charge in [-0.15, -0.1) is 0 Å². The van der Waals surface area contributed by atoms with Gasteiger partial charge in [0.05, 0.1) is 11.1 Å². The number of nitriles is 2. The number of carbonyl (C=O) groups is 2. The zero-order valence-electron chi connectivity index (χ0n) is 15.7. The number of hydrogen-bond acceptors (Lipinski definition) is 4. The van der Waals surface area contributed by atoms with Gasteiger partial charge in [0, 0.05) is 18.5 Å². The van der Waals surface area contributed by atoms with E-state index in [1.54, 1.807) is 24.3 Å². The van der Waals surface area contributed by atoms with E-state index in [4.69, 9.17) is 10.5 Å². The van der Waals surface area contributed by atoms with Gasteiger partial charge in [0.25, 0.3) is 11.8 Å². The van der Waals surface area contributed by atoms with Crippen molar-refractivity contribution in [3.8, 4) is 24.0 Å². The summed E-state index contributed by atoms with van der Waals surface area (Å²) in [5.74, 6) is 5.70. The van der Waals surface area contributed by atoms with Crippen LogP contribution in [0, 0.1) is 34.5 Å². The summed E-state index contributed by atoms with van der Waals surface area (Å²) in [6, 6.07) is 17.9. The molecule has 140 valence electrons. The first kappa shape index (κ1) is 19.6. The second-order valence-corrected chi connectivity index (χ2v) is 6.47. The van der Waals surface area contributed by atoms with Crippen LogP contribution in [0.3, 0.4) is 0 Å². The minimum Gasteiger partial charge on any atom is -0.274 e. The lowest BCUT2D eigenvalue weighted by atomic mass is 10.1. The van der Waals surface area contributed by atoms with Gasteiger partial charge in [-0.25, -0.2) is 0 Å². The van der Waals surface area contributed by atoms with Crippen LogP contribution in [0.2, 0.25) is 0 Å². The second-order valence-electron chi connectivity index (χ2n) is 6.47. The Labute approximate surface area is 169 Å². The summed E-state index contributed by atoms with van der Waals surface area (Å²) in [5, 5.41) is 17.7. The van der Waals surface area contributed by atoms with Crippen LogP contribution in [0.4, 0.5) is 0 Å². The molecule has 29 heavy (non-hydrogen) atoms. The normalized spacial score (nSPS) is 11.7. The highest BCUT2D eigenvalue weighted by Gasteiger charge is 2.34. The molecule has 0 atom stereocenters. The van der Waals surface area contributed by atoms with Crippen molar-refractivity contribution in [1.82, 2.24) is 4.90 Å². The van der Waals surface area contributed by atoms with Crippen molar-refractivity contribution in [1.29, 1.82) is 10.5 Å². The highest BCUT2D eigenvalue weighted by molar-refractivity contribution is 6.21. The maximum Gasteiger partial charge on any atom is 0.261 e. The monoisotopic (exact) mass is 379 g/mol. The third-order valence-corrected chi connectivity index (χ3v) is 4.48. The van der Waals surface area contributed by atoms with Crippen LogP contribution in [0.5, 0.6) is 0 Å². The van der Waals surface area contributed by atoms with Crippen molar-refractivity contribution in [3.05, 3.63) is 76.4 Å². The molecule has 1 aliphatic heterocycles. The summed E-state index contributed by atoms with van der Waals surface area (Å²) in [5.41, 5.74) is 2.54. The number of allylic oxidation sites excluding steroid dienone is 1. The Morgan fingerprint density at radius 3 is 2.28 bits per heavy atom. The highest BCUT2D eigenvalue weighted by Crippen LogP contribution is 2.22. The Hall–Kier alpha value is -4.14. The Morgan fingerprint density at radius 2 is 1.62 bits per heavy atom. The first-order valence-corrected chi connectivity index (χ1v) is 9.20. The third kappa shape index (κ3) is 4.59. The number of rotatable bonds is 5. The summed E-state index contributed by atoms with van der Waals surface area (Å²) in [6.45, 7) is 0.388. The number of unbranched alkanes of at least 4 members (excludes halogenated alkanes) is 2. The molecule has 2 aromatic carbocycles. The molecule has 0 aromatic heterocycles. The minimum atomic E-state index is -0.226. The first-order chi connectivity index (χ1) is 14.1. The van der Waals surface area contributed by atoms with E-state index in [-0.39, 0.29) is 17.4 Å². The summed E-state index contributed by atoms with van der Waals surface area (Å²) < 4.78 is 0. The van der Waals surface area contributed by atoms with Crippen LogP contribution >= 0.6 is 0 Å². The van der Waals surface area contributed by atoms with E-state index in [2.05, 4.69) is 11.8 Å². The average molecular weight is 379 g/mol. The molecular weight excluding hydrogens is 362 g/mol. The molecule has 0 saturated heterocycles. The third-order valence-electron chi connectivity index (χ3n) is 4.48. The molecule has 0 fully saturated rings. The molecule has 0 bridgehead atoms. The lowest BCUT2D eigenvalue weighted by Gasteiger charge is -2.12. The van der Waals surface area contributed by atoms with Crippen molar-refractivity contribution in [2.45, 2.75) is 19.3 Å². The summed E-state index contributed by atoms with van der Waals surface area (Å²) in [4.78, 5) is 25.9. The summed E-state index contributed by atoms with van der Waals surface area (Å²) in [7, 11) is 0. The van der Waals surface area contributed by atoms with E-state index in [1.807, 2.05) is 36.4 Å². The van der Waals surface area contributed by atoms with Gasteiger partial charge >= 0.3 is 0 Å². The molecule has 3 rings (SSSR count). The number of nitrogens with zero attached hydrogens (tertiary/aromatic N) is 3. The lowest BCUT2D eigenvalue weighted by molar-refractivity contribution is 0.0652. The topological polar surface area (TPSA) is 85.0 Å². The number of amides is 2. The molecule has 5 heteroatoms. The van der Waals surface area contributed by atoms with Gasteiger partial charge < -0.3 is 0 Å². The maximum absolute atomic E-state index is 12.3. The fraction of sp³-hybridized carbons (Fsp3) is 0.167. The van der Waals surface area contributed by atoms with Crippen LogP contribution < -0.4 is 0 Å². The minimum absolute atomic E-state index is 0.0447. The maximum atomic E-state index is 12.3. The number of hydrogen-bond donors (Lipinski definition) is 0. The Bertz CT molecular complexity index is 1090. The van der Waals surface area contributed by atoms with Crippen LogP contribution in [0.15, 0.2) is 54.1 Å². The molecular formula is C24H17N3O2.